The molecule has 1 N–H and O–H groups in total. The molecular formula is C18H24N2O2S2. The summed E-state index contributed by atoms with van der Waals surface area (Å²) in [5.41, 5.74) is 2.17. The third-order valence-corrected chi connectivity index (χ3v) is 6.96. The Kier molecular flexibility index (Phi) is 4.47. The van der Waals surface area contributed by atoms with E-state index in [0.29, 0.717) is 11.0 Å². The van der Waals surface area contributed by atoms with Crippen LogP contribution in [0.15, 0.2) is 29.2 Å². The van der Waals surface area contributed by atoms with Gasteiger partial charge in [-0.1, -0.05) is 39.8 Å². The molecule has 1 aliphatic rings. The van der Waals surface area contributed by atoms with Gasteiger partial charge in [0, 0.05) is 4.88 Å². The molecule has 0 bridgehead atoms. The van der Waals surface area contributed by atoms with Crippen molar-refractivity contribution in [3.8, 4) is 0 Å². The third-order valence-electron chi connectivity index (χ3n) is 4.44. The second kappa shape index (κ2) is 6.15. The average molecular weight is 365 g/mol. The van der Waals surface area contributed by atoms with E-state index < -0.39 is 10.0 Å². The topological polar surface area (TPSA) is 59.1 Å². The smallest absolute Gasteiger partial charge is 0.255 e. The van der Waals surface area contributed by atoms with E-state index in [1.807, 2.05) is 12.1 Å². The molecule has 1 heterocycles. The number of thiazole rings is 1. The number of fused-ring (bicyclic) bond motifs is 1. The quantitative estimate of drug-likeness (QED) is 0.880. The highest BCUT2D eigenvalue weighted by molar-refractivity contribution is 7.93. The second-order valence-corrected chi connectivity index (χ2v) is 10.4. The lowest BCUT2D eigenvalue weighted by Gasteiger charge is -2.19. The molecule has 1 atom stereocenters. The highest BCUT2D eigenvalue weighted by Gasteiger charge is 2.23. The lowest BCUT2D eigenvalue weighted by molar-refractivity contribution is 0.502. The van der Waals surface area contributed by atoms with Crippen molar-refractivity contribution in [2.45, 2.75) is 57.3 Å². The molecule has 2 aromatic rings. The Morgan fingerprint density at radius 1 is 1.21 bits per heavy atom. The predicted molar refractivity (Wildman–Crippen MR) is 99.3 cm³/mol. The van der Waals surface area contributed by atoms with Gasteiger partial charge in [0.15, 0.2) is 5.13 Å². The summed E-state index contributed by atoms with van der Waals surface area (Å²) < 4.78 is 27.8. The molecule has 1 aromatic heterocycles. The summed E-state index contributed by atoms with van der Waals surface area (Å²) in [6.07, 6.45) is 3.06. The number of sulfonamides is 1. The molecule has 0 aliphatic heterocycles. The van der Waals surface area contributed by atoms with E-state index >= 15 is 0 Å². The number of hydrogen-bond acceptors (Lipinski definition) is 4. The Hall–Kier alpha value is -1.40. The lowest BCUT2D eigenvalue weighted by Crippen LogP contribution is -2.15. The van der Waals surface area contributed by atoms with Crippen LogP contribution in [0.25, 0.3) is 0 Å². The van der Waals surface area contributed by atoms with Crippen molar-refractivity contribution in [1.82, 2.24) is 4.98 Å². The average Bonchev–Trinajstić information content (AvgIpc) is 2.87. The van der Waals surface area contributed by atoms with E-state index in [4.69, 9.17) is 0 Å². The molecule has 130 valence electrons. The van der Waals surface area contributed by atoms with Crippen molar-refractivity contribution in [3.05, 3.63) is 40.4 Å². The minimum absolute atomic E-state index is 0.000770. The molecular weight excluding hydrogens is 340 g/mol. The Morgan fingerprint density at radius 2 is 1.88 bits per heavy atom. The molecule has 6 heteroatoms. The van der Waals surface area contributed by atoms with Crippen LogP contribution in [0.5, 0.6) is 0 Å². The van der Waals surface area contributed by atoms with Crippen LogP contribution < -0.4 is 4.72 Å². The van der Waals surface area contributed by atoms with Crippen molar-refractivity contribution in [2.75, 3.05) is 4.72 Å². The zero-order chi connectivity index (χ0) is 17.5. The predicted octanol–water partition coefficient (Wildman–Crippen LogP) is 4.37. The molecule has 0 fully saturated rings. The standard InChI is InChI=1S/C18H24N2O2S2/c1-12-5-10-15-16(11-12)23-17(19-15)20-24(21,22)14-8-6-13(7-9-14)18(2,3)4/h6-9,12H,5,10-11H2,1-4H3,(H,19,20). The van der Waals surface area contributed by atoms with Crippen molar-refractivity contribution in [1.29, 1.82) is 0 Å². The van der Waals surface area contributed by atoms with Gasteiger partial charge in [0.05, 0.1) is 10.6 Å². The highest BCUT2D eigenvalue weighted by Crippen LogP contribution is 2.33. The lowest BCUT2D eigenvalue weighted by atomic mass is 9.87. The van der Waals surface area contributed by atoms with Crippen LogP contribution in [0.2, 0.25) is 0 Å². The van der Waals surface area contributed by atoms with Crippen LogP contribution in [-0.4, -0.2) is 13.4 Å². The Labute approximate surface area is 148 Å². The van der Waals surface area contributed by atoms with Crippen molar-refractivity contribution < 1.29 is 8.42 Å². The maximum atomic E-state index is 12.6. The van der Waals surface area contributed by atoms with E-state index in [1.165, 1.54) is 16.2 Å². The summed E-state index contributed by atoms with van der Waals surface area (Å²) in [7, 11) is -3.59. The van der Waals surface area contributed by atoms with Crippen molar-refractivity contribution in [3.63, 3.8) is 0 Å². The zero-order valence-electron chi connectivity index (χ0n) is 14.6. The minimum Gasteiger partial charge on any atom is -0.255 e. The first-order chi connectivity index (χ1) is 11.1. The minimum atomic E-state index is -3.59. The van der Waals surface area contributed by atoms with E-state index in [-0.39, 0.29) is 10.3 Å². The molecule has 3 rings (SSSR count). The van der Waals surface area contributed by atoms with Crippen LogP contribution in [0.4, 0.5) is 5.13 Å². The fraction of sp³-hybridized carbons (Fsp3) is 0.500. The number of anilines is 1. The molecule has 1 aliphatic carbocycles. The Morgan fingerprint density at radius 3 is 2.50 bits per heavy atom. The summed E-state index contributed by atoms with van der Waals surface area (Å²) in [6.45, 7) is 8.55. The van der Waals surface area contributed by atoms with Gasteiger partial charge in [-0.05, 0) is 48.3 Å². The summed E-state index contributed by atoms with van der Waals surface area (Å²) in [4.78, 5) is 5.97. The number of hydrogen-bond donors (Lipinski definition) is 1. The van der Waals surface area contributed by atoms with Gasteiger partial charge in [-0.3, -0.25) is 4.72 Å². The fourth-order valence-electron chi connectivity index (χ4n) is 2.89. The van der Waals surface area contributed by atoms with Gasteiger partial charge >= 0.3 is 0 Å². The van der Waals surface area contributed by atoms with Crippen molar-refractivity contribution >= 4 is 26.5 Å². The number of benzene rings is 1. The van der Waals surface area contributed by atoms with Gasteiger partial charge in [0.2, 0.25) is 0 Å². The Balaban J connectivity index is 1.81. The van der Waals surface area contributed by atoms with Crippen LogP contribution >= 0.6 is 11.3 Å². The summed E-state index contributed by atoms with van der Waals surface area (Å²) >= 11 is 1.47. The normalized spacial score (nSPS) is 18.2. The zero-order valence-corrected chi connectivity index (χ0v) is 16.2. The van der Waals surface area contributed by atoms with Gasteiger partial charge in [0.25, 0.3) is 10.0 Å². The molecule has 0 amide bonds. The third kappa shape index (κ3) is 3.64. The second-order valence-electron chi connectivity index (χ2n) is 7.62. The van der Waals surface area contributed by atoms with E-state index in [0.717, 1.165) is 30.5 Å². The van der Waals surface area contributed by atoms with Gasteiger partial charge in [-0.2, -0.15) is 0 Å². The van der Waals surface area contributed by atoms with E-state index in [9.17, 15) is 8.42 Å². The number of nitrogens with zero attached hydrogens (tertiary/aromatic N) is 1. The molecule has 0 radical (unpaired) electrons. The SMILES string of the molecule is CC1CCc2nc(NS(=O)(=O)c3ccc(C(C)(C)C)cc3)sc2C1. The molecule has 0 saturated carbocycles. The van der Waals surface area contributed by atoms with E-state index in [2.05, 4.69) is 37.4 Å². The molecule has 0 saturated heterocycles. The van der Waals surface area contributed by atoms with Gasteiger partial charge in [-0.15, -0.1) is 11.3 Å². The summed E-state index contributed by atoms with van der Waals surface area (Å²) in [5, 5.41) is 0.481. The fourth-order valence-corrected chi connectivity index (χ4v) is 5.30. The molecule has 24 heavy (non-hydrogen) atoms. The van der Waals surface area contributed by atoms with Gasteiger partial charge < -0.3 is 0 Å². The largest absolute Gasteiger partial charge is 0.263 e. The number of nitrogens with one attached hydrogen (secondary N) is 1. The number of aromatic nitrogens is 1. The van der Waals surface area contributed by atoms with E-state index in [1.54, 1.807) is 12.1 Å². The monoisotopic (exact) mass is 364 g/mol. The first kappa shape index (κ1) is 17.4. The highest BCUT2D eigenvalue weighted by atomic mass is 32.2. The maximum Gasteiger partial charge on any atom is 0.263 e. The molecule has 1 aromatic carbocycles. The Bertz CT molecular complexity index is 831. The van der Waals surface area contributed by atoms with Gasteiger partial charge in [0.1, 0.15) is 0 Å². The maximum absolute atomic E-state index is 12.6. The van der Waals surface area contributed by atoms with Crippen molar-refractivity contribution in [2.24, 2.45) is 5.92 Å². The summed E-state index contributed by atoms with van der Waals surface area (Å²) in [5.74, 6) is 0.646. The summed E-state index contributed by atoms with van der Waals surface area (Å²) in [6, 6.07) is 7.09. The first-order valence-corrected chi connectivity index (χ1v) is 10.6. The first-order valence-electron chi connectivity index (χ1n) is 8.27. The van der Waals surface area contributed by atoms with Crippen LogP contribution in [-0.2, 0) is 28.3 Å². The van der Waals surface area contributed by atoms with Crippen LogP contribution in [0.3, 0.4) is 0 Å². The molecule has 1 unspecified atom stereocenters. The molecule has 0 spiro atoms. The van der Waals surface area contributed by atoms with Gasteiger partial charge in [-0.25, -0.2) is 13.4 Å². The number of aryl methyl sites for hydroxylation is 1. The molecule has 4 nitrogen and oxygen atoms in total. The van der Waals surface area contributed by atoms with Crippen LogP contribution in [0, 0.1) is 5.92 Å². The van der Waals surface area contributed by atoms with Crippen LogP contribution in [0.1, 0.15) is 50.3 Å². The number of rotatable bonds is 3.